The van der Waals surface area contributed by atoms with E-state index >= 15 is 0 Å². The summed E-state index contributed by atoms with van der Waals surface area (Å²) in [6.07, 6.45) is 0. The van der Waals surface area contributed by atoms with E-state index in [-0.39, 0.29) is 0 Å². The lowest BCUT2D eigenvalue weighted by Gasteiger charge is -2.21. The number of para-hydroxylation sites is 1. The van der Waals surface area contributed by atoms with Gasteiger partial charge in [0, 0.05) is 13.6 Å². The molecular formula is C16H17N3O. The third-order valence-corrected chi connectivity index (χ3v) is 3.15. The molecular weight excluding hydrogens is 250 g/mol. The van der Waals surface area contributed by atoms with Crippen LogP contribution in [0.25, 0.3) is 0 Å². The molecule has 0 bridgehead atoms. The second-order valence-electron chi connectivity index (χ2n) is 4.56. The number of methoxy groups -OCH3 is 1. The molecule has 0 unspecified atom stereocenters. The summed E-state index contributed by atoms with van der Waals surface area (Å²) < 4.78 is 5.14. The van der Waals surface area contributed by atoms with Crippen LogP contribution in [0.5, 0.6) is 5.75 Å². The smallest absolute Gasteiger partial charge is 0.141 e. The Kier molecular flexibility index (Phi) is 4.11. The molecule has 0 fully saturated rings. The van der Waals surface area contributed by atoms with Gasteiger partial charge < -0.3 is 15.4 Å². The molecule has 2 rings (SSSR count). The fraction of sp³-hybridized carbons (Fsp3) is 0.188. The van der Waals surface area contributed by atoms with Crippen molar-refractivity contribution in [3.8, 4) is 11.8 Å². The van der Waals surface area contributed by atoms with Crippen LogP contribution in [0.3, 0.4) is 0 Å². The SMILES string of the molecule is COc1ccc(CN(C)c2ccccc2C#N)cc1N. The van der Waals surface area contributed by atoms with Crippen molar-refractivity contribution in [1.82, 2.24) is 0 Å². The summed E-state index contributed by atoms with van der Waals surface area (Å²) in [5.74, 6) is 0.675. The first-order valence-corrected chi connectivity index (χ1v) is 6.28. The quantitative estimate of drug-likeness (QED) is 0.865. The molecule has 0 heterocycles. The average molecular weight is 267 g/mol. The predicted molar refractivity (Wildman–Crippen MR) is 80.7 cm³/mol. The number of anilines is 2. The Balaban J connectivity index is 2.21. The van der Waals surface area contributed by atoms with E-state index in [1.54, 1.807) is 7.11 Å². The summed E-state index contributed by atoms with van der Waals surface area (Å²) in [4.78, 5) is 2.03. The molecule has 0 aliphatic rings. The number of nitrogen functional groups attached to an aromatic ring is 1. The van der Waals surface area contributed by atoms with Crippen LogP contribution in [0, 0.1) is 11.3 Å². The fourth-order valence-electron chi connectivity index (χ4n) is 2.14. The number of rotatable bonds is 4. The van der Waals surface area contributed by atoms with Crippen LogP contribution in [-0.4, -0.2) is 14.2 Å². The largest absolute Gasteiger partial charge is 0.495 e. The van der Waals surface area contributed by atoms with Crippen molar-refractivity contribution in [1.29, 1.82) is 5.26 Å². The Labute approximate surface area is 119 Å². The zero-order chi connectivity index (χ0) is 14.5. The van der Waals surface area contributed by atoms with Gasteiger partial charge in [-0.2, -0.15) is 5.26 Å². The van der Waals surface area contributed by atoms with E-state index in [0.717, 1.165) is 11.3 Å². The molecule has 20 heavy (non-hydrogen) atoms. The van der Waals surface area contributed by atoms with Gasteiger partial charge in [0.25, 0.3) is 0 Å². The van der Waals surface area contributed by atoms with Crippen LogP contribution in [0.2, 0.25) is 0 Å². The van der Waals surface area contributed by atoms with Gasteiger partial charge in [0.2, 0.25) is 0 Å². The molecule has 0 aromatic heterocycles. The molecule has 102 valence electrons. The normalized spacial score (nSPS) is 9.85. The Morgan fingerprint density at radius 3 is 2.65 bits per heavy atom. The van der Waals surface area contributed by atoms with Crippen molar-refractivity contribution in [2.75, 3.05) is 24.8 Å². The highest BCUT2D eigenvalue weighted by atomic mass is 16.5. The molecule has 0 aliphatic heterocycles. The van der Waals surface area contributed by atoms with Crippen molar-refractivity contribution >= 4 is 11.4 Å². The number of benzene rings is 2. The molecule has 0 radical (unpaired) electrons. The molecule has 0 atom stereocenters. The van der Waals surface area contributed by atoms with Gasteiger partial charge in [-0.25, -0.2) is 0 Å². The van der Waals surface area contributed by atoms with Gasteiger partial charge >= 0.3 is 0 Å². The highest BCUT2D eigenvalue weighted by molar-refractivity contribution is 5.60. The zero-order valence-electron chi connectivity index (χ0n) is 11.6. The van der Waals surface area contributed by atoms with E-state index in [1.165, 1.54) is 0 Å². The minimum atomic E-state index is 0.618. The lowest BCUT2D eigenvalue weighted by molar-refractivity contribution is 0.417. The van der Waals surface area contributed by atoms with E-state index in [9.17, 15) is 0 Å². The minimum absolute atomic E-state index is 0.618. The summed E-state index contributed by atoms with van der Waals surface area (Å²) in [5, 5.41) is 9.13. The average Bonchev–Trinajstić information content (AvgIpc) is 2.47. The summed E-state index contributed by atoms with van der Waals surface area (Å²) in [7, 11) is 3.55. The number of nitrogens with two attached hydrogens (primary N) is 1. The summed E-state index contributed by atoms with van der Waals surface area (Å²) in [6, 6.07) is 15.5. The summed E-state index contributed by atoms with van der Waals surface area (Å²) >= 11 is 0. The first-order chi connectivity index (χ1) is 9.65. The zero-order valence-corrected chi connectivity index (χ0v) is 11.6. The number of hydrogen-bond donors (Lipinski definition) is 1. The highest BCUT2D eigenvalue weighted by Crippen LogP contribution is 2.24. The van der Waals surface area contributed by atoms with Crippen molar-refractivity contribution in [2.45, 2.75) is 6.54 Å². The molecule has 2 aromatic rings. The third-order valence-electron chi connectivity index (χ3n) is 3.15. The molecule has 0 aliphatic carbocycles. The monoisotopic (exact) mass is 267 g/mol. The van der Waals surface area contributed by atoms with E-state index in [0.29, 0.717) is 23.5 Å². The lowest BCUT2D eigenvalue weighted by atomic mass is 10.1. The van der Waals surface area contributed by atoms with E-state index < -0.39 is 0 Å². The van der Waals surface area contributed by atoms with Gasteiger partial charge in [-0.1, -0.05) is 18.2 Å². The Morgan fingerprint density at radius 1 is 1.25 bits per heavy atom. The molecule has 4 nitrogen and oxygen atoms in total. The van der Waals surface area contributed by atoms with Crippen LogP contribution >= 0.6 is 0 Å². The second-order valence-corrected chi connectivity index (χ2v) is 4.56. The molecule has 2 N–H and O–H groups in total. The van der Waals surface area contributed by atoms with E-state index in [1.807, 2.05) is 54.4 Å². The van der Waals surface area contributed by atoms with Crippen LogP contribution in [-0.2, 0) is 6.54 Å². The maximum absolute atomic E-state index is 9.13. The van der Waals surface area contributed by atoms with Gasteiger partial charge in [0.1, 0.15) is 11.8 Å². The van der Waals surface area contributed by atoms with Gasteiger partial charge in [0.05, 0.1) is 24.0 Å². The van der Waals surface area contributed by atoms with Crippen LogP contribution in [0.15, 0.2) is 42.5 Å². The number of nitrogens with zero attached hydrogens (tertiary/aromatic N) is 2. The Hall–Kier alpha value is -2.67. The van der Waals surface area contributed by atoms with E-state index in [4.69, 9.17) is 15.7 Å². The maximum Gasteiger partial charge on any atom is 0.141 e. The van der Waals surface area contributed by atoms with Crippen LogP contribution in [0.4, 0.5) is 11.4 Å². The Morgan fingerprint density at radius 2 is 2.00 bits per heavy atom. The molecule has 0 amide bonds. The van der Waals surface area contributed by atoms with Crippen molar-refractivity contribution in [2.24, 2.45) is 0 Å². The first-order valence-electron chi connectivity index (χ1n) is 6.28. The standard InChI is InChI=1S/C16H17N3O/c1-19(15-6-4-3-5-13(15)10-17)11-12-7-8-16(20-2)14(18)9-12/h3-9H,11,18H2,1-2H3. The highest BCUT2D eigenvalue weighted by Gasteiger charge is 2.08. The molecule has 4 heteroatoms. The van der Waals surface area contributed by atoms with Crippen LogP contribution in [0.1, 0.15) is 11.1 Å². The number of nitriles is 1. The third kappa shape index (κ3) is 2.83. The van der Waals surface area contributed by atoms with Gasteiger partial charge in [-0.3, -0.25) is 0 Å². The first kappa shape index (κ1) is 13.8. The van der Waals surface area contributed by atoms with E-state index in [2.05, 4.69) is 6.07 Å². The van der Waals surface area contributed by atoms with Gasteiger partial charge in [0.15, 0.2) is 0 Å². The Bertz CT molecular complexity index is 646. The van der Waals surface area contributed by atoms with Crippen molar-refractivity contribution < 1.29 is 4.74 Å². The molecule has 0 saturated carbocycles. The maximum atomic E-state index is 9.13. The topological polar surface area (TPSA) is 62.3 Å². The van der Waals surface area contributed by atoms with Gasteiger partial charge in [-0.05, 0) is 29.8 Å². The summed E-state index contributed by atoms with van der Waals surface area (Å²) in [6.45, 7) is 0.673. The molecule has 2 aromatic carbocycles. The van der Waals surface area contributed by atoms with Gasteiger partial charge in [-0.15, -0.1) is 0 Å². The lowest BCUT2D eigenvalue weighted by Crippen LogP contribution is -2.17. The number of ether oxygens (including phenoxy) is 1. The predicted octanol–water partition coefficient (Wildman–Crippen LogP) is 2.79. The van der Waals surface area contributed by atoms with Crippen molar-refractivity contribution in [3.05, 3.63) is 53.6 Å². The molecule has 0 spiro atoms. The van der Waals surface area contributed by atoms with Crippen molar-refractivity contribution in [3.63, 3.8) is 0 Å². The molecule has 0 saturated heterocycles. The van der Waals surface area contributed by atoms with Crippen LogP contribution < -0.4 is 15.4 Å². The fourth-order valence-corrected chi connectivity index (χ4v) is 2.14. The summed E-state index contributed by atoms with van der Waals surface area (Å²) in [5.41, 5.74) is 9.16. The second kappa shape index (κ2) is 5.98. The minimum Gasteiger partial charge on any atom is -0.495 e. The number of hydrogen-bond acceptors (Lipinski definition) is 4.